The molecular weight excluding hydrogens is 264 g/mol. The highest BCUT2D eigenvalue weighted by atomic mass is 16.5. The van der Waals surface area contributed by atoms with Gasteiger partial charge in [-0.15, -0.1) is 0 Å². The monoisotopic (exact) mass is 280 g/mol. The van der Waals surface area contributed by atoms with Crippen molar-refractivity contribution in [1.82, 2.24) is 14.8 Å². The zero-order chi connectivity index (χ0) is 14.8. The summed E-state index contributed by atoms with van der Waals surface area (Å²) in [7, 11) is 1.87. The number of hydrogen-bond acceptors (Lipinski definition) is 4. The van der Waals surface area contributed by atoms with Crippen molar-refractivity contribution >= 4 is 5.69 Å². The zero-order valence-corrected chi connectivity index (χ0v) is 11.9. The zero-order valence-electron chi connectivity index (χ0n) is 11.9. The maximum atomic E-state index is 5.89. The van der Waals surface area contributed by atoms with Crippen molar-refractivity contribution in [3.05, 3.63) is 54.5 Å². The van der Waals surface area contributed by atoms with Gasteiger partial charge in [0.25, 0.3) is 0 Å². The lowest BCUT2D eigenvalue weighted by Crippen LogP contribution is -1.92. The molecule has 2 N–H and O–H groups in total. The summed E-state index contributed by atoms with van der Waals surface area (Å²) < 4.78 is 7.58. The first-order valence-corrected chi connectivity index (χ1v) is 6.61. The summed E-state index contributed by atoms with van der Waals surface area (Å²) in [4.78, 5) is 4.34. The summed E-state index contributed by atoms with van der Waals surface area (Å²) in [6.07, 6.45) is 5.40. The number of nitrogen functional groups attached to an aromatic ring is 1. The number of pyridine rings is 1. The SMILES string of the molecule is Cc1ccc(Oc2ccnc(-c3cnn(C)c3)c2)cc1N. The summed E-state index contributed by atoms with van der Waals surface area (Å²) in [5, 5.41) is 4.15. The van der Waals surface area contributed by atoms with E-state index in [4.69, 9.17) is 10.5 Å². The minimum Gasteiger partial charge on any atom is -0.457 e. The molecule has 0 atom stereocenters. The van der Waals surface area contributed by atoms with E-state index in [1.807, 2.05) is 50.5 Å². The number of ether oxygens (including phenoxy) is 1. The third kappa shape index (κ3) is 2.86. The molecule has 3 rings (SSSR count). The smallest absolute Gasteiger partial charge is 0.131 e. The van der Waals surface area contributed by atoms with Gasteiger partial charge in [0.15, 0.2) is 0 Å². The molecule has 0 saturated heterocycles. The number of rotatable bonds is 3. The Kier molecular flexibility index (Phi) is 3.31. The Morgan fingerprint density at radius 2 is 1.95 bits per heavy atom. The molecule has 0 aliphatic rings. The minimum atomic E-state index is 0.710. The second-order valence-electron chi connectivity index (χ2n) is 4.90. The van der Waals surface area contributed by atoms with Gasteiger partial charge in [-0.3, -0.25) is 9.67 Å². The summed E-state index contributed by atoms with van der Waals surface area (Å²) in [5.41, 5.74) is 9.42. The predicted molar refractivity (Wildman–Crippen MR) is 82.1 cm³/mol. The quantitative estimate of drug-likeness (QED) is 0.748. The molecule has 0 aliphatic carbocycles. The van der Waals surface area contributed by atoms with Crippen LogP contribution in [0.1, 0.15) is 5.56 Å². The molecule has 3 aromatic rings. The van der Waals surface area contributed by atoms with Gasteiger partial charge >= 0.3 is 0 Å². The Labute approximate surface area is 123 Å². The van der Waals surface area contributed by atoms with Crippen molar-refractivity contribution in [3.8, 4) is 22.8 Å². The summed E-state index contributed by atoms with van der Waals surface area (Å²) >= 11 is 0. The van der Waals surface area contributed by atoms with E-state index in [0.717, 1.165) is 16.8 Å². The summed E-state index contributed by atoms with van der Waals surface area (Å²) in [5.74, 6) is 1.42. The van der Waals surface area contributed by atoms with Crippen molar-refractivity contribution in [2.24, 2.45) is 7.05 Å². The lowest BCUT2D eigenvalue weighted by Gasteiger charge is -2.08. The van der Waals surface area contributed by atoms with Crippen LogP contribution in [0.15, 0.2) is 48.9 Å². The number of benzene rings is 1. The van der Waals surface area contributed by atoms with E-state index < -0.39 is 0 Å². The van der Waals surface area contributed by atoms with E-state index in [9.17, 15) is 0 Å². The fourth-order valence-electron chi connectivity index (χ4n) is 2.00. The van der Waals surface area contributed by atoms with Gasteiger partial charge in [0.2, 0.25) is 0 Å². The Bertz CT molecular complexity index is 779. The van der Waals surface area contributed by atoms with Crippen LogP contribution in [0.3, 0.4) is 0 Å². The van der Waals surface area contributed by atoms with Crippen molar-refractivity contribution in [2.75, 3.05) is 5.73 Å². The van der Waals surface area contributed by atoms with Crippen LogP contribution in [0, 0.1) is 6.92 Å². The number of nitrogens with zero attached hydrogens (tertiary/aromatic N) is 3. The van der Waals surface area contributed by atoms with E-state index in [2.05, 4.69) is 10.1 Å². The largest absolute Gasteiger partial charge is 0.457 e. The third-order valence-electron chi connectivity index (χ3n) is 3.22. The van der Waals surface area contributed by atoms with Gasteiger partial charge in [0, 0.05) is 42.8 Å². The van der Waals surface area contributed by atoms with Gasteiger partial charge in [-0.1, -0.05) is 6.07 Å². The topological polar surface area (TPSA) is 66.0 Å². The van der Waals surface area contributed by atoms with Crippen LogP contribution in [0.2, 0.25) is 0 Å². The number of nitrogens with two attached hydrogens (primary N) is 1. The van der Waals surface area contributed by atoms with Crippen LogP contribution in [0.25, 0.3) is 11.3 Å². The highest BCUT2D eigenvalue weighted by Gasteiger charge is 2.05. The summed E-state index contributed by atoms with van der Waals surface area (Å²) in [6, 6.07) is 9.35. The minimum absolute atomic E-state index is 0.710. The molecule has 2 heterocycles. The first kappa shape index (κ1) is 13.2. The van der Waals surface area contributed by atoms with Crippen LogP contribution in [-0.4, -0.2) is 14.8 Å². The normalized spacial score (nSPS) is 10.6. The average molecular weight is 280 g/mol. The molecule has 0 unspecified atom stereocenters. The van der Waals surface area contributed by atoms with Crippen molar-refractivity contribution in [2.45, 2.75) is 6.92 Å². The molecule has 2 aromatic heterocycles. The third-order valence-corrected chi connectivity index (χ3v) is 3.22. The van der Waals surface area contributed by atoms with Gasteiger partial charge in [0.05, 0.1) is 11.9 Å². The maximum absolute atomic E-state index is 5.89. The molecule has 0 saturated carbocycles. The molecule has 21 heavy (non-hydrogen) atoms. The molecule has 0 spiro atoms. The van der Waals surface area contributed by atoms with E-state index >= 15 is 0 Å². The maximum Gasteiger partial charge on any atom is 0.131 e. The molecule has 0 fully saturated rings. The van der Waals surface area contributed by atoms with Crippen LogP contribution in [0.4, 0.5) is 5.69 Å². The number of aryl methyl sites for hydroxylation is 2. The first-order valence-electron chi connectivity index (χ1n) is 6.61. The molecule has 5 heteroatoms. The Hall–Kier alpha value is -2.82. The lowest BCUT2D eigenvalue weighted by molar-refractivity contribution is 0.482. The van der Waals surface area contributed by atoms with E-state index in [1.165, 1.54) is 0 Å². The second kappa shape index (κ2) is 5.28. The van der Waals surface area contributed by atoms with Gasteiger partial charge in [0.1, 0.15) is 11.5 Å². The van der Waals surface area contributed by atoms with E-state index in [-0.39, 0.29) is 0 Å². The van der Waals surface area contributed by atoms with Gasteiger partial charge < -0.3 is 10.5 Å². The predicted octanol–water partition coefficient (Wildman–Crippen LogP) is 3.17. The lowest BCUT2D eigenvalue weighted by atomic mass is 10.2. The van der Waals surface area contributed by atoms with Crippen LogP contribution < -0.4 is 10.5 Å². The number of anilines is 1. The molecule has 1 aromatic carbocycles. The molecule has 5 nitrogen and oxygen atoms in total. The van der Waals surface area contributed by atoms with Crippen LogP contribution >= 0.6 is 0 Å². The molecule has 0 radical (unpaired) electrons. The van der Waals surface area contributed by atoms with Crippen LogP contribution in [0.5, 0.6) is 11.5 Å². The van der Waals surface area contributed by atoms with E-state index in [0.29, 0.717) is 17.2 Å². The molecule has 106 valence electrons. The Morgan fingerprint density at radius 3 is 2.67 bits per heavy atom. The van der Waals surface area contributed by atoms with E-state index in [1.54, 1.807) is 17.1 Å². The van der Waals surface area contributed by atoms with Crippen molar-refractivity contribution in [1.29, 1.82) is 0 Å². The highest BCUT2D eigenvalue weighted by Crippen LogP contribution is 2.27. The Morgan fingerprint density at radius 1 is 1.14 bits per heavy atom. The van der Waals surface area contributed by atoms with Gasteiger partial charge in [-0.25, -0.2) is 0 Å². The standard InChI is InChI=1S/C16H16N4O/c1-11-3-4-13(7-15(11)17)21-14-5-6-18-16(8-14)12-9-19-20(2)10-12/h3-10H,17H2,1-2H3. The second-order valence-corrected chi connectivity index (χ2v) is 4.90. The van der Waals surface area contributed by atoms with Gasteiger partial charge in [-0.2, -0.15) is 5.10 Å². The fraction of sp³-hybridized carbons (Fsp3) is 0.125. The molecule has 0 aliphatic heterocycles. The van der Waals surface area contributed by atoms with Gasteiger partial charge in [-0.05, 0) is 24.6 Å². The summed E-state index contributed by atoms with van der Waals surface area (Å²) in [6.45, 7) is 1.96. The van der Waals surface area contributed by atoms with Crippen molar-refractivity contribution < 1.29 is 4.74 Å². The van der Waals surface area contributed by atoms with Crippen LogP contribution in [-0.2, 0) is 7.05 Å². The number of hydrogen-bond donors (Lipinski definition) is 1. The number of aromatic nitrogens is 3. The van der Waals surface area contributed by atoms with Crippen molar-refractivity contribution in [3.63, 3.8) is 0 Å². The highest BCUT2D eigenvalue weighted by molar-refractivity contribution is 5.59. The molecule has 0 bridgehead atoms. The first-order chi connectivity index (χ1) is 10.1. The average Bonchev–Trinajstić information content (AvgIpc) is 2.90. The molecular formula is C16H16N4O. The fourth-order valence-corrected chi connectivity index (χ4v) is 2.00. The Balaban J connectivity index is 1.87. The molecule has 0 amide bonds.